The molecule has 118 valence electrons. The molecule has 0 aromatic heterocycles. The van der Waals surface area contributed by atoms with E-state index in [-0.39, 0.29) is 6.61 Å². The van der Waals surface area contributed by atoms with Crippen molar-refractivity contribution in [1.82, 2.24) is 0 Å². The van der Waals surface area contributed by atoms with Crippen molar-refractivity contribution in [3.8, 4) is 0 Å². The summed E-state index contributed by atoms with van der Waals surface area (Å²) in [7, 11) is 0. The predicted octanol–water partition coefficient (Wildman–Crippen LogP) is -4.08. The Morgan fingerprint density at radius 1 is 0.900 bits per heavy atom. The van der Waals surface area contributed by atoms with Gasteiger partial charge in [-0.15, -0.1) is 0 Å². The Morgan fingerprint density at radius 3 is 2.15 bits per heavy atom. The highest BCUT2D eigenvalue weighted by molar-refractivity contribution is 4.93. The van der Waals surface area contributed by atoms with Crippen LogP contribution in [-0.4, -0.2) is 99.5 Å². The normalized spacial score (nSPS) is 49.5. The Labute approximate surface area is 114 Å². The van der Waals surface area contributed by atoms with Crippen molar-refractivity contribution in [3.05, 3.63) is 0 Å². The summed E-state index contributed by atoms with van der Waals surface area (Å²) in [5, 5.41) is 56.7. The second-order valence-electron chi connectivity index (χ2n) is 4.92. The van der Waals surface area contributed by atoms with Crippen LogP contribution in [0.2, 0.25) is 0 Å². The van der Waals surface area contributed by atoms with Crippen LogP contribution in [0.5, 0.6) is 0 Å². The maximum Gasteiger partial charge on any atom is 0.186 e. The molecule has 0 amide bonds. The Bertz CT molecular complexity index is 312. The van der Waals surface area contributed by atoms with Gasteiger partial charge in [0.05, 0.1) is 19.8 Å². The summed E-state index contributed by atoms with van der Waals surface area (Å²) in [5.41, 5.74) is 0. The quantitative estimate of drug-likeness (QED) is 0.304. The average molecular weight is 296 g/mol. The summed E-state index contributed by atoms with van der Waals surface area (Å²) in [6, 6.07) is 0. The smallest absolute Gasteiger partial charge is 0.186 e. The zero-order valence-electron chi connectivity index (χ0n) is 10.6. The van der Waals surface area contributed by atoms with Gasteiger partial charge in [-0.25, -0.2) is 0 Å². The van der Waals surface area contributed by atoms with Gasteiger partial charge in [0.2, 0.25) is 0 Å². The second kappa shape index (κ2) is 6.60. The Balaban J connectivity index is 2.01. The monoisotopic (exact) mass is 296 g/mol. The summed E-state index contributed by atoms with van der Waals surface area (Å²) in [5.74, 6) is 0. The Kier molecular flexibility index (Phi) is 5.29. The molecule has 8 atom stereocenters. The van der Waals surface area contributed by atoms with Crippen LogP contribution in [0.25, 0.3) is 0 Å². The number of aliphatic hydroxyl groups excluding tert-OH is 6. The van der Waals surface area contributed by atoms with Crippen LogP contribution in [0.15, 0.2) is 0 Å². The molecule has 0 aliphatic carbocycles. The molecule has 2 rings (SSSR count). The highest BCUT2D eigenvalue weighted by Crippen LogP contribution is 2.27. The van der Waals surface area contributed by atoms with Crippen LogP contribution < -0.4 is 0 Å². The summed E-state index contributed by atoms with van der Waals surface area (Å²) in [6.45, 7) is -1.14. The molecule has 0 radical (unpaired) electrons. The minimum absolute atomic E-state index is 0.236. The van der Waals surface area contributed by atoms with Crippen LogP contribution in [0.1, 0.15) is 0 Å². The summed E-state index contributed by atoms with van der Waals surface area (Å²) in [4.78, 5) is 0. The molecule has 2 heterocycles. The third-order valence-electron chi connectivity index (χ3n) is 3.54. The summed E-state index contributed by atoms with van der Waals surface area (Å²) >= 11 is 0. The fraction of sp³-hybridized carbons (Fsp3) is 1.00. The molecule has 0 unspecified atom stereocenters. The molecule has 20 heavy (non-hydrogen) atoms. The molecule has 9 heteroatoms. The summed E-state index contributed by atoms with van der Waals surface area (Å²) in [6.07, 6.45) is -9.48. The molecule has 0 aromatic rings. The largest absolute Gasteiger partial charge is 0.394 e. The van der Waals surface area contributed by atoms with Crippen molar-refractivity contribution in [2.45, 2.75) is 49.0 Å². The SMILES string of the molecule is OC[C@H]1O[C@H](CO)[C@@H](O[C@@H]2OC[C@H](O)[C@H](O)[C@H]2O)[C@@H]1O. The molecule has 0 aromatic carbocycles. The van der Waals surface area contributed by atoms with E-state index in [1.165, 1.54) is 0 Å². The number of ether oxygens (including phenoxy) is 3. The Hall–Kier alpha value is -0.360. The van der Waals surface area contributed by atoms with E-state index in [9.17, 15) is 20.4 Å². The first-order valence-corrected chi connectivity index (χ1v) is 6.36. The minimum Gasteiger partial charge on any atom is -0.394 e. The molecular weight excluding hydrogens is 276 g/mol. The van der Waals surface area contributed by atoms with Crippen molar-refractivity contribution in [1.29, 1.82) is 0 Å². The van der Waals surface area contributed by atoms with E-state index >= 15 is 0 Å². The third kappa shape index (κ3) is 2.96. The fourth-order valence-electron chi connectivity index (χ4n) is 2.33. The lowest BCUT2D eigenvalue weighted by Gasteiger charge is -2.37. The zero-order valence-corrected chi connectivity index (χ0v) is 10.6. The van der Waals surface area contributed by atoms with Crippen LogP contribution in [0.4, 0.5) is 0 Å². The molecule has 2 aliphatic rings. The Morgan fingerprint density at radius 2 is 1.55 bits per heavy atom. The molecule has 0 bridgehead atoms. The fourth-order valence-corrected chi connectivity index (χ4v) is 2.33. The highest BCUT2D eigenvalue weighted by atomic mass is 16.7. The third-order valence-corrected chi connectivity index (χ3v) is 3.54. The van der Waals surface area contributed by atoms with Crippen molar-refractivity contribution in [3.63, 3.8) is 0 Å². The van der Waals surface area contributed by atoms with Gasteiger partial charge in [-0.3, -0.25) is 0 Å². The molecule has 6 N–H and O–H groups in total. The molecule has 2 saturated heterocycles. The van der Waals surface area contributed by atoms with Crippen molar-refractivity contribution in [2.24, 2.45) is 0 Å². The second-order valence-corrected chi connectivity index (χ2v) is 4.92. The van der Waals surface area contributed by atoms with E-state index in [1.54, 1.807) is 0 Å². The van der Waals surface area contributed by atoms with Crippen LogP contribution in [0.3, 0.4) is 0 Å². The van der Waals surface area contributed by atoms with E-state index in [2.05, 4.69) is 0 Å². The van der Waals surface area contributed by atoms with Crippen molar-refractivity contribution in [2.75, 3.05) is 19.8 Å². The first-order chi connectivity index (χ1) is 9.49. The van der Waals surface area contributed by atoms with Gasteiger partial charge in [0.25, 0.3) is 0 Å². The number of aliphatic hydroxyl groups is 6. The van der Waals surface area contributed by atoms with Gasteiger partial charge in [-0.2, -0.15) is 0 Å². The van der Waals surface area contributed by atoms with Gasteiger partial charge in [0, 0.05) is 0 Å². The van der Waals surface area contributed by atoms with E-state index in [4.69, 9.17) is 24.4 Å². The highest BCUT2D eigenvalue weighted by Gasteiger charge is 2.48. The van der Waals surface area contributed by atoms with Crippen molar-refractivity contribution < 1.29 is 44.8 Å². The maximum absolute atomic E-state index is 9.91. The number of hydrogen-bond donors (Lipinski definition) is 6. The van der Waals surface area contributed by atoms with Gasteiger partial charge < -0.3 is 44.8 Å². The molecule has 9 nitrogen and oxygen atoms in total. The van der Waals surface area contributed by atoms with Gasteiger partial charge in [-0.05, 0) is 0 Å². The van der Waals surface area contributed by atoms with E-state index < -0.39 is 62.2 Å². The van der Waals surface area contributed by atoms with Gasteiger partial charge in [0.1, 0.15) is 42.7 Å². The zero-order chi connectivity index (χ0) is 14.9. The van der Waals surface area contributed by atoms with Crippen LogP contribution in [-0.2, 0) is 14.2 Å². The topological polar surface area (TPSA) is 149 Å². The van der Waals surface area contributed by atoms with Gasteiger partial charge >= 0.3 is 0 Å². The van der Waals surface area contributed by atoms with Gasteiger partial charge in [-0.1, -0.05) is 0 Å². The molecule has 2 aliphatic heterocycles. The first kappa shape index (κ1) is 16.0. The van der Waals surface area contributed by atoms with Crippen molar-refractivity contribution >= 4 is 0 Å². The molecule has 0 saturated carbocycles. The minimum atomic E-state index is -1.50. The molecule has 2 fully saturated rings. The number of rotatable bonds is 4. The molecular formula is C11H20O9. The average Bonchev–Trinajstić information content (AvgIpc) is 2.75. The lowest BCUT2D eigenvalue weighted by molar-refractivity contribution is -0.291. The van der Waals surface area contributed by atoms with E-state index in [0.29, 0.717) is 0 Å². The lowest BCUT2D eigenvalue weighted by Crippen LogP contribution is -2.56. The molecule has 0 spiro atoms. The lowest BCUT2D eigenvalue weighted by atomic mass is 10.0. The van der Waals surface area contributed by atoms with E-state index in [0.717, 1.165) is 0 Å². The van der Waals surface area contributed by atoms with E-state index in [1.807, 2.05) is 0 Å². The standard InChI is InChI=1S/C11H20O9/c12-1-5-8(16)10(6(2-13)19-5)20-11-9(17)7(15)4(14)3-18-11/h4-17H,1-3H2/t4-,5+,6+,7-,8+,9+,10+,11-/m0/s1. The van der Waals surface area contributed by atoms with Crippen LogP contribution in [0, 0.1) is 0 Å². The van der Waals surface area contributed by atoms with Crippen LogP contribution >= 0.6 is 0 Å². The number of hydrogen-bond acceptors (Lipinski definition) is 9. The first-order valence-electron chi connectivity index (χ1n) is 6.36. The van der Waals surface area contributed by atoms with Gasteiger partial charge in [0.15, 0.2) is 6.29 Å². The predicted molar refractivity (Wildman–Crippen MR) is 61.5 cm³/mol. The maximum atomic E-state index is 9.91. The summed E-state index contributed by atoms with van der Waals surface area (Å²) < 4.78 is 15.6.